The van der Waals surface area contributed by atoms with Crippen molar-refractivity contribution in [2.45, 2.75) is 25.4 Å². The van der Waals surface area contributed by atoms with Crippen LogP contribution in [-0.4, -0.2) is 41.3 Å². The van der Waals surface area contributed by atoms with Gasteiger partial charge in [0.2, 0.25) is 0 Å². The van der Waals surface area contributed by atoms with Gasteiger partial charge in [-0.3, -0.25) is 0 Å². The highest BCUT2D eigenvalue weighted by molar-refractivity contribution is 7.80. The number of nitrogens with one attached hydrogen (secondary N) is 1. The number of nitrogens with two attached hydrogens (primary N) is 1. The number of ether oxygens (including phenoxy) is 1. The fraction of sp³-hybridized carbons (Fsp3) is 0.467. The minimum absolute atomic E-state index is 0. The van der Waals surface area contributed by atoms with Gasteiger partial charge in [-0.15, -0.1) is 12.4 Å². The molecule has 5 nitrogen and oxygen atoms in total. The van der Waals surface area contributed by atoms with Gasteiger partial charge in [-0.25, -0.2) is 9.38 Å². The van der Waals surface area contributed by atoms with Crippen LogP contribution in [0.4, 0.5) is 10.1 Å². The van der Waals surface area contributed by atoms with Crippen molar-refractivity contribution in [1.82, 2.24) is 4.90 Å². The maximum atomic E-state index is 13.9. The Hall–Kier alpha value is -1.60. The van der Waals surface area contributed by atoms with Crippen LogP contribution in [0.5, 0.6) is 0 Å². The van der Waals surface area contributed by atoms with E-state index in [4.69, 9.17) is 22.7 Å². The van der Waals surface area contributed by atoms with Crippen molar-refractivity contribution in [3.63, 3.8) is 0 Å². The Morgan fingerprint density at radius 3 is 2.83 bits per heavy atom. The van der Waals surface area contributed by atoms with Crippen molar-refractivity contribution < 1.29 is 9.13 Å². The lowest BCUT2D eigenvalue weighted by Gasteiger charge is -2.43. The third-order valence-corrected chi connectivity index (χ3v) is 4.46. The van der Waals surface area contributed by atoms with Gasteiger partial charge in [0.15, 0.2) is 0 Å². The van der Waals surface area contributed by atoms with Gasteiger partial charge in [-0.2, -0.15) is 0 Å². The standard InChI is InChI=1S/C15H19FN4OS.ClH/c1-2-21-14(22)20-8-6-15(7-9-20)18-11-5-3-4-10(16)12(11)13(17)19-15;/h3-5,18H,2,6-9H2,1H3,(H2,17,19);1H. The third kappa shape index (κ3) is 3.35. The van der Waals surface area contributed by atoms with E-state index in [-0.39, 0.29) is 24.1 Å². The molecule has 0 radical (unpaired) electrons. The summed E-state index contributed by atoms with van der Waals surface area (Å²) in [5, 5.41) is 3.88. The normalized spacial score (nSPS) is 18.3. The topological polar surface area (TPSA) is 62.9 Å². The molecular formula is C15H20ClFN4OS. The predicted octanol–water partition coefficient (Wildman–Crippen LogP) is 2.49. The maximum absolute atomic E-state index is 13.9. The van der Waals surface area contributed by atoms with Crippen molar-refractivity contribution in [1.29, 1.82) is 0 Å². The zero-order valence-electron chi connectivity index (χ0n) is 12.8. The first kappa shape index (κ1) is 17.7. The van der Waals surface area contributed by atoms with E-state index in [1.807, 2.05) is 17.9 Å². The van der Waals surface area contributed by atoms with Crippen LogP contribution >= 0.6 is 24.6 Å². The zero-order valence-corrected chi connectivity index (χ0v) is 14.5. The number of rotatable bonds is 1. The fourth-order valence-corrected chi connectivity index (χ4v) is 3.26. The van der Waals surface area contributed by atoms with Gasteiger partial charge >= 0.3 is 0 Å². The second kappa shape index (κ2) is 6.88. The number of piperidine rings is 1. The Kier molecular flexibility index (Phi) is 5.31. The van der Waals surface area contributed by atoms with E-state index in [2.05, 4.69) is 10.3 Å². The quantitative estimate of drug-likeness (QED) is 0.755. The molecule has 0 atom stereocenters. The van der Waals surface area contributed by atoms with Gasteiger partial charge < -0.3 is 20.7 Å². The molecule has 1 spiro atoms. The first-order valence-corrected chi connectivity index (χ1v) is 7.79. The second-order valence-electron chi connectivity index (χ2n) is 5.50. The highest BCUT2D eigenvalue weighted by atomic mass is 35.5. The van der Waals surface area contributed by atoms with Crippen molar-refractivity contribution >= 4 is 41.3 Å². The minimum Gasteiger partial charge on any atom is -0.471 e. The molecule has 0 aliphatic carbocycles. The van der Waals surface area contributed by atoms with Gasteiger partial charge in [-0.1, -0.05) is 6.07 Å². The first-order chi connectivity index (χ1) is 10.5. The molecule has 8 heteroatoms. The molecule has 0 saturated carbocycles. The molecule has 2 aliphatic rings. The Morgan fingerprint density at radius 1 is 1.48 bits per heavy atom. The molecule has 0 unspecified atom stereocenters. The van der Waals surface area contributed by atoms with E-state index in [1.54, 1.807) is 6.07 Å². The summed E-state index contributed by atoms with van der Waals surface area (Å²) in [5.74, 6) is -0.0938. The van der Waals surface area contributed by atoms with Crippen LogP contribution in [0.2, 0.25) is 0 Å². The van der Waals surface area contributed by atoms with Gasteiger partial charge in [0.1, 0.15) is 17.3 Å². The Balaban J connectivity index is 0.00000192. The average Bonchev–Trinajstić information content (AvgIpc) is 2.47. The smallest absolute Gasteiger partial charge is 0.259 e. The van der Waals surface area contributed by atoms with Crippen LogP contribution in [0, 0.1) is 5.82 Å². The van der Waals surface area contributed by atoms with Crippen molar-refractivity contribution in [3.8, 4) is 0 Å². The van der Waals surface area contributed by atoms with Crippen molar-refractivity contribution in [3.05, 3.63) is 29.6 Å². The van der Waals surface area contributed by atoms with E-state index in [0.29, 0.717) is 23.0 Å². The van der Waals surface area contributed by atoms with Crippen LogP contribution in [0.1, 0.15) is 25.3 Å². The molecular weight excluding hydrogens is 339 g/mol. The lowest BCUT2D eigenvalue weighted by molar-refractivity contribution is 0.198. The summed E-state index contributed by atoms with van der Waals surface area (Å²) in [4.78, 5) is 6.57. The lowest BCUT2D eigenvalue weighted by Crippen LogP contribution is -2.52. The molecule has 0 aromatic heterocycles. The predicted molar refractivity (Wildman–Crippen MR) is 95.8 cm³/mol. The lowest BCUT2D eigenvalue weighted by atomic mass is 9.94. The summed E-state index contributed by atoms with van der Waals surface area (Å²) in [7, 11) is 0. The van der Waals surface area contributed by atoms with Crippen LogP contribution in [0.3, 0.4) is 0 Å². The monoisotopic (exact) mass is 358 g/mol. The molecule has 1 saturated heterocycles. The molecule has 3 rings (SSSR count). The summed E-state index contributed by atoms with van der Waals surface area (Å²) >= 11 is 5.24. The fourth-order valence-electron chi connectivity index (χ4n) is 2.96. The number of nitrogens with zero attached hydrogens (tertiary/aromatic N) is 2. The number of hydrogen-bond acceptors (Lipinski definition) is 5. The molecule has 23 heavy (non-hydrogen) atoms. The Morgan fingerprint density at radius 2 is 2.17 bits per heavy atom. The molecule has 126 valence electrons. The number of fused-ring (bicyclic) bond motifs is 1. The molecule has 0 amide bonds. The summed E-state index contributed by atoms with van der Waals surface area (Å²) in [6, 6.07) is 4.90. The molecule has 2 aliphatic heterocycles. The first-order valence-electron chi connectivity index (χ1n) is 7.39. The second-order valence-corrected chi connectivity index (χ2v) is 5.85. The van der Waals surface area contributed by atoms with E-state index >= 15 is 0 Å². The highest BCUT2D eigenvalue weighted by Gasteiger charge is 2.39. The van der Waals surface area contributed by atoms with Gasteiger partial charge in [-0.05, 0) is 31.3 Å². The minimum atomic E-state index is -0.483. The number of halogens is 2. The SMILES string of the molecule is CCOC(=S)N1CCC2(CC1)N=C(N)c1c(F)cccc1N2.Cl. The number of thiocarbonyl (C=S) groups is 1. The van der Waals surface area contributed by atoms with Crippen LogP contribution in [0.25, 0.3) is 0 Å². The number of hydrogen-bond donors (Lipinski definition) is 2. The van der Waals surface area contributed by atoms with Crippen molar-refractivity contribution in [2.75, 3.05) is 25.0 Å². The molecule has 1 aromatic rings. The largest absolute Gasteiger partial charge is 0.471 e. The molecule has 3 N–H and O–H groups in total. The maximum Gasteiger partial charge on any atom is 0.259 e. The van der Waals surface area contributed by atoms with Crippen LogP contribution in [0.15, 0.2) is 23.2 Å². The molecule has 2 heterocycles. The van der Waals surface area contributed by atoms with Gasteiger partial charge in [0.05, 0.1) is 12.2 Å². The van der Waals surface area contributed by atoms with E-state index < -0.39 is 5.66 Å². The Labute approximate surface area is 146 Å². The summed E-state index contributed by atoms with van der Waals surface area (Å²) in [6.45, 7) is 3.94. The average molecular weight is 359 g/mol. The summed E-state index contributed by atoms with van der Waals surface area (Å²) in [6.07, 6.45) is 1.47. The summed E-state index contributed by atoms with van der Waals surface area (Å²) in [5.41, 5.74) is 6.58. The molecule has 0 bridgehead atoms. The van der Waals surface area contributed by atoms with Crippen molar-refractivity contribution in [2.24, 2.45) is 10.7 Å². The molecule has 1 aromatic carbocycles. The number of likely N-dealkylation sites (tertiary alicyclic amines) is 1. The highest BCUT2D eigenvalue weighted by Crippen LogP contribution is 2.35. The molecule has 1 fully saturated rings. The van der Waals surface area contributed by atoms with E-state index in [9.17, 15) is 4.39 Å². The van der Waals surface area contributed by atoms with Crippen LogP contribution in [-0.2, 0) is 4.74 Å². The van der Waals surface area contributed by atoms with E-state index in [0.717, 1.165) is 25.9 Å². The Bertz CT molecular complexity index is 632. The number of benzene rings is 1. The van der Waals surface area contributed by atoms with Crippen LogP contribution < -0.4 is 11.1 Å². The van der Waals surface area contributed by atoms with Gasteiger partial charge in [0.25, 0.3) is 5.17 Å². The number of aliphatic imine (C=N–C) groups is 1. The zero-order chi connectivity index (χ0) is 15.7. The number of amidine groups is 1. The van der Waals surface area contributed by atoms with Gasteiger partial charge in [0, 0.05) is 31.6 Å². The summed E-state index contributed by atoms with van der Waals surface area (Å²) < 4.78 is 19.3. The van der Waals surface area contributed by atoms with E-state index in [1.165, 1.54) is 6.07 Å². The third-order valence-electron chi connectivity index (χ3n) is 4.09. The number of anilines is 1.